The number of hydrogen-bond donors (Lipinski definition) is 0. The summed E-state index contributed by atoms with van der Waals surface area (Å²) in [5.41, 5.74) is -0.568. The van der Waals surface area contributed by atoms with Crippen molar-refractivity contribution >= 4 is 6.09 Å². The molecule has 1 heterocycles. The Morgan fingerprint density at radius 3 is 2.17 bits per heavy atom. The minimum Gasteiger partial charge on any atom is -0.444 e. The fraction of sp³-hybridized carbons (Fsp3) is 0.588. The van der Waals surface area contributed by atoms with Crippen molar-refractivity contribution in [3.63, 3.8) is 0 Å². The summed E-state index contributed by atoms with van der Waals surface area (Å²) in [6.07, 6.45) is -3.08. The first-order chi connectivity index (χ1) is 10.5. The van der Waals surface area contributed by atoms with Crippen LogP contribution in [-0.4, -0.2) is 22.6 Å². The third-order valence-electron chi connectivity index (χ3n) is 3.70. The predicted molar refractivity (Wildman–Crippen MR) is 81.0 cm³/mol. The van der Waals surface area contributed by atoms with Gasteiger partial charge < -0.3 is 4.74 Å². The fourth-order valence-corrected chi connectivity index (χ4v) is 2.69. The van der Waals surface area contributed by atoms with E-state index in [1.807, 2.05) is 6.92 Å². The highest BCUT2D eigenvalue weighted by Gasteiger charge is 2.52. The molecule has 0 bridgehead atoms. The number of halogens is 3. The van der Waals surface area contributed by atoms with E-state index in [-0.39, 0.29) is 12.1 Å². The van der Waals surface area contributed by atoms with E-state index in [0.717, 1.165) is 25.0 Å². The van der Waals surface area contributed by atoms with Crippen LogP contribution in [0.5, 0.6) is 0 Å². The molecule has 1 aromatic rings. The largest absolute Gasteiger partial charge is 0.444 e. The molecule has 3 nitrogen and oxygen atoms in total. The summed E-state index contributed by atoms with van der Waals surface area (Å²) in [5, 5.41) is 0. The number of carbonyl (C=O) groups excluding carboxylic acids is 1. The highest BCUT2D eigenvalue weighted by Crippen LogP contribution is 2.47. The molecule has 128 valence electrons. The average molecular weight is 329 g/mol. The van der Waals surface area contributed by atoms with Crippen LogP contribution in [0.15, 0.2) is 24.3 Å². The average Bonchev–Trinajstić information content (AvgIpc) is 3.10. The Kier molecular flexibility index (Phi) is 4.64. The van der Waals surface area contributed by atoms with E-state index in [9.17, 15) is 18.0 Å². The zero-order valence-corrected chi connectivity index (χ0v) is 13.8. The number of rotatable bonds is 3. The molecule has 1 aromatic carbocycles. The van der Waals surface area contributed by atoms with Crippen LogP contribution in [0.1, 0.15) is 57.7 Å². The monoisotopic (exact) mass is 329 g/mol. The van der Waals surface area contributed by atoms with Crippen LogP contribution in [0, 0.1) is 0 Å². The number of carbonyl (C=O) groups is 1. The summed E-state index contributed by atoms with van der Waals surface area (Å²) in [4.78, 5) is 13.8. The number of hydrogen-bond acceptors (Lipinski definition) is 2. The predicted octanol–water partition coefficient (Wildman–Crippen LogP) is 5.17. The van der Waals surface area contributed by atoms with Crippen molar-refractivity contribution in [2.75, 3.05) is 0 Å². The number of alkyl halides is 3. The molecule has 1 aliphatic rings. The third-order valence-corrected chi connectivity index (χ3v) is 3.70. The van der Waals surface area contributed by atoms with Crippen molar-refractivity contribution in [1.82, 2.24) is 4.90 Å². The van der Waals surface area contributed by atoms with E-state index in [2.05, 4.69) is 0 Å². The van der Waals surface area contributed by atoms with Crippen LogP contribution < -0.4 is 0 Å². The summed E-state index contributed by atoms with van der Waals surface area (Å²) in [7, 11) is 0. The number of benzene rings is 1. The second-order valence-electron chi connectivity index (χ2n) is 6.81. The Bertz CT molecular complexity index is 561. The second-order valence-corrected chi connectivity index (χ2v) is 6.81. The van der Waals surface area contributed by atoms with Crippen LogP contribution in [0.25, 0.3) is 0 Å². The topological polar surface area (TPSA) is 29.3 Å². The summed E-state index contributed by atoms with van der Waals surface area (Å²) >= 11 is 0. The van der Waals surface area contributed by atoms with Crippen LogP contribution in [0.2, 0.25) is 0 Å². The maximum Gasteiger partial charge on any atom is 0.416 e. The first-order valence-corrected chi connectivity index (χ1v) is 7.73. The molecule has 0 radical (unpaired) electrons. The molecule has 23 heavy (non-hydrogen) atoms. The van der Waals surface area contributed by atoms with Gasteiger partial charge in [0.1, 0.15) is 5.60 Å². The van der Waals surface area contributed by atoms with Crippen molar-refractivity contribution < 1.29 is 22.7 Å². The van der Waals surface area contributed by atoms with Gasteiger partial charge in [-0.3, -0.25) is 4.90 Å². The van der Waals surface area contributed by atoms with E-state index in [4.69, 9.17) is 4.74 Å². The SMILES string of the molecule is CCCC1C(c2ccc(C(F)(F)F)cc2)N1C(=O)OC(C)(C)C. The zero-order valence-electron chi connectivity index (χ0n) is 13.8. The lowest BCUT2D eigenvalue weighted by Crippen LogP contribution is -2.28. The van der Waals surface area contributed by atoms with E-state index in [1.165, 1.54) is 12.1 Å². The standard InChI is InChI=1S/C17H22F3NO2/c1-5-6-13-14(21(13)15(22)23-16(2,3)4)11-7-9-12(10-8-11)17(18,19)20/h7-10,13-14H,5-6H2,1-4H3. The first kappa shape index (κ1) is 17.6. The molecule has 2 unspecified atom stereocenters. The lowest BCUT2D eigenvalue weighted by atomic mass is 10.1. The Morgan fingerprint density at radius 1 is 1.17 bits per heavy atom. The molecule has 0 aromatic heterocycles. The molecule has 0 saturated carbocycles. The molecule has 6 heteroatoms. The van der Waals surface area contributed by atoms with Crippen molar-refractivity contribution in [3.05, 3.63) is 35.4 Å². The fourth-order valence-electron chi connectivity index (χ4n) is 2.69. The van der Waals surface area contributed by atoms with Gasteiger partial charge in [0.2, 0.25) is 0 Å². The summed E-state index contributed by atoms with van der Waals surface area (Å²) in [6, 6.07) is 4.80. The molecule has 0 aliphatic carbocycles. The van der Waals surface area contributed by atoms with Gasteiger partial charge in [-0.2, -0.15) is 13.2 Å². The van der Waals surface area contributed by atoms with Crippen LogP contribution in [0.4, 0.5) is 18.0 Å². The van der Waals surface area contributed by atoms with Crippen LogP contribution >= 0.6 is 0 Å². The molecule has 2 atom stereocenters. The molecule has 0 N–H and O–H groups in total. The Hall–Kier alpha value is -1.72. The molecule has 1 amide bonds. The summed E-state index contributed by atoms with van der Waals surface area (Å²) in [5.74, 6) is 0. The molecule has 2 rings (SSSR count). The van der Waals surface area contributed by atoms with E-state index in [0.29, 0.717) is 5.56 Å². The van der Waals surface area contributed by atoms with Crippen molar-refractivity contribution in [2.45, 2.75) is 64.4 Å². The van der Waals surface area contributed by atoms with E-state index >= 15 is 0 Å². The second kappa shape index (κ2) is 6.06. The van der Waals surface area contributed by atoms with Gasteiger partial charge in [-0.05, 0) is 44.9 Å². The molecular formula is C17H22F3NO2. The third kappa shape index (κ3) is 4.18. The lowest BCUT2D eigenvalue weighted by molar-refractivity contribution is -0.137. The number of ether oxygens (including phenoxy) is 1. The minimum atomic E-state index is -4.35. The maximum atomic E-state index is 12.6. The quantitative estimate of drug-likeness (QED) is 0.716. The molecule has 0 spiro atoms. The van der Waals surface area contributed by atoms with Crippen molar-refractivity contribution in [3.8, 4) is 0 Å². The van der Waals surface area contributed by atoms with Crippen molar-refractivity contribution in [1.29, 1.82) is 0 Å². The molecule has 1 fully saturated rings. The van der Waals surface area contributed by atoms with E-state index < -0.39 is 23.4 Å². The summed E-state index contributed by atoms with van der Waals surface area (Å²) in [6.45, 7) is 7.37. The lowest BCUT2D eigenvalue weighted by Gasteiger charge is -2.20. The number of nitrogens with zero attached hydrogens (tertiary/aromatic N) is 1. The minimum absolute atomic E-state index is 0.00779. The van der Waals surface area contributed by atoms with Crippen molar-refractivity contribution in [2.24, 2.45) is 0 Å². The molecule has 1 aliphatic heterocycles. The summed E-state index contributed by atoms with van der Waals surface area (Å²) < 4.78 is 43.3. The Balaban J connectivity index is 2.15. The zero-order chi connectivity index (χ0) is 17.4. The Morgan fingerprint density at radius 2 is 1.74 bits per heavy atom. The Labute approximate surface area is 134 Å². The van der Waals surface area contributed by atoms with Gasteiger partial charge in [-0.15, -0.1) is 0 Å². The smallest absolute Gasteiger partial charge is 0.416 e. The normalized spacial score (nSPS) is 21.3. The van der Waals surface area contributed by atoms with Gasteiger partial charge in [0.15, 0.2) is 0 Å². The van der Waals surface area contributed by atoms with Crippen LogP contribution in [-0.2, 0) is 10.9 Å². The highest BCUT2D eigenvalue weighted by molar-refractivity contribution is 5.73. The van der Waals surface area contributed by atoms with Gasteiger partial charge in [0.25, 0.3) is 0 Å². The van der Waals surface area contributed by atoms with Gasteiger partial charge in [0, 0.05) is 0 Å². The van der Waals surface area contributed by atoms with Gasteiger partial charge in [-0.1, -0.05) is 25.5 Å². The first-order valence-electron chi connectivity index (χ1n) is 7.73. The number of amides is 1. The molecular weight excluding hydrogens is 307 g/mol. The van der Waals surface area contributed by atoms with Crippen LogP contribution in [0.3, 0.4) is 0 Å². The van der Waals surface area contributed by atoms with Gasteiger partial charge in [-0.25, -0.2) is 4.79 Å². The maximum absolute atomic E-state index is 12.6. The van der Waals surface area contributed by atoms with E-state index in [1.54, 1.807) is 25.7 Å². The highest BCUT2D eigenvalue weighted by atomic mass is 19.4. The van der Waals surface area contributed by atoms with Gasteiger partial charge in [0.05, 0.1) is 17.6 Å². The molecule has 1 saturated heterocycles. The van der Waals surface area contributed by atoms with Gasteiger partial charge >= 0.3 is 12.3 Å².